The minimum absolute atomic E-state index is 0.00182. The number of sulfonamides is 1. The average molecular weight is 522 g/mol. The van der Waals surface area contributed by atoms with E-state index in [1.165, 1.54) is 13.2 Å². The second-order valence-corrected chi connectivity index (χ2v) is 9.47. The van der Waals surface area contributed by atoms with E-state index in [1.54, 1.807) is 28.3 Å². The molecule has 190 valence electrons. The normalized spacial score (nSPS) is 12.1. The molecule has 36 heavy (non-hydrogen) atoms. The molecule has 0 fully saturated rings. The molecule has 3 N–H and O–H groups in total. The fourth-order valence-electron chi connectivity index (χ4n) is 4.14. The van der Waals surface area contributed by atoms with Crippen molar-refractivity contribution in [3.8, 4) is 11.5 Å². The highest BCUT2D eigenvalue weighted by molar-refractivity contribution is 7.93. The molecule has 1 amide bonds. The first-order chi connectivity index (χ1) is 17.0. The van der Waals surface area contributed by atoms with Crippen molar-refractivity contribution >= 4 is 43.4 Å². The van der Waals surface area contributed by atoms with Crippen molar-refractivity contribution in [3.63, 3.8) is 0 Å². The Morgan fingerprint density at radius 2 is 1.78 bits per heavy atom. The van der Waals surface area contributed by atoms with Gasteiger partial charge in [-0.3, -0.25) is 9.52 Å². The highest BCUT2D eigenvalue weighted by atomic mass is 32.2. The zero-order chi connectivity index (χ0) is 26.3. The van der Waals surface area contributed by atoms with Crippen LogP contribution in [0.2, 0.25) is 0 Å². The molecule has 0 aliphatic rings. The van der Waals surface area contributed by atoms with Crippen LogP contribution >= 0.6 is 0 Å². The van der Waals surface area contributed by atoms with Gasteiger partial charge in [0.15, 0.2) is 11.5 Å². The third kappa shape index (κ3) is 4.28. The fraction of sp³-hybridized carbons (Fsp3) is 0.208. The van der Waals surface area contributed by atoms with Crippen molar-refractivity contribution in [1.82, 2.24) is 4.57 Å². The highest BCUT2D eigenvalue weighted by Crippen LogP contribution is 2.47. The molecule has 0 atom stereocenters. The predicted molar refractivity (Wildman–Crippen MR) is 130 cm³/mol. The number of alkyl halides is 3. The van der Waals surface area contributed by atoms with Crippen LogP contribution in [0, 0.1) is 0 Å². The lowest BCUT2D eigenvalue weighted by molar-refractivity contribution is -0.0429. The third-order valence-corrected chi connectivity index (χ3v) is 6.68. The molecular weight excluding hydrogens is 499 g/mol. The van der Waals surface area contributed by atoms with E-state index in [1.807, 2.05) is 30.3 Å². The molecular formula is C24H22F3N3O5S. The number of hydrogen-bond donors (Lipinski definition) is 2. The molecule has 4 aromatic rings. The van der Waals surface area contributed by atoms with Crippen molar-refractivity contribution in [2.24, 2.45) is 5.73 Å². The number of anilines is 1. The Kier molecular flexibility index (Phi) is 6.48. The van der Waals surface area contributed by atoms with Gasteiger partial charge in [0.05, 0.1) is 30.4 Å². The number of hydrogen-bond acceptors (Lipinski definition) is 5. The van der Waals surface area contributed by atoms with Crippen molar-refractivity contribution in [1.29, 1.82) is 0 Å². The van der Waals surface area contributed by atoms with Crippen molar-refractivity contribution < 1.29 is 35.9 Å². The molecule has 0 saturated heterocycles. The second-order valence-electron chi connectivity index (χ2n) is 7.80. The van der Waals surface area contributed by atoms with Crippen molar-refractivity contribution in [2.75, 3.05) is 18.4 Å². The molecule has 0 aliphatic carbocycles. The van der Waals surface area contributed by atoms with Gasteiger partial charge in [0, 0.05) is 28.9 Å². The smallest absolute Gasteiger partial charge is 0.493 e. The van der Waals surface area contributed by atoms with Crippen molar-refractivity contribution in [3.05, 3.63) is 65.7 Å². The number of methoxy groups -OCH3 is 1. The topological polar surface area (TPSA) is 113 Å². The minimum atomic E-state index is -5.82. The van der Waals surface area contributed by atoms with Gasteiger partial charge in [0.25, 0.3) is 0 Å². The first-order valence-corrected chi connectivity index (χ1v) is 12.2. The standard InChI is InChI=1S/C24H22F3N3O5S/c1-3-35-22-18(34-2)12-16(29-36(32,33)24(25,26)27)20-19-15(23(28)31)10-7-11-17(19)30(21(20)22)13-14-8-5-4-6-9-14/h4-12,29H,3,13H2,1-2H3,(H2,28,31). The molecule has 0 bridgehead atoms. The number of carbonyl (C=O) groups is 1. The Labute approximate surface area is 204 Å². The number of carbonyl (C=O) groups excluding carboxylic acids is 1. The van der Waals surface area contributed by atoms with Gasteiger partial charge in [-0.05, 0) is 24.6 Å². The van der Waals surface area contributed by atoms with E-state index in [2.05, 4.69) is 0 Å². The third-order valence-electron chi connectivity index (χ3n) is 5.58. The maximum absolute atomic E-state index is 13.3. The minimum Gasteiger partial charge on any atom is -0.493 e. The molecule has 0 aliphatic heterocycles. The number of ether oxygens (including phenoxy) is 2. The molecule has 12 heteroatoms. The summed E-state index contributed by atoms with van der Waals surface area (Å²) in [6.45, 7) is 2.11. The van der Waals surface area contributed by atoms with Gasteiger partial charge in [0.2, 0.25) is 5.91 Å². The fourth-order valence-corrected chi connectivity index (χ4v) is 4.71. The zero-order valence-corrected chi connectivity index (χ0v) is 20.0. The average Bonchev–Trinajstić information content (AvgIpc) is 3.15. The van der Waals surface area contributed by atoms with E-state index < -0.39 is 27.1 Å². The van der Waals surface area contributed by atoms with Gasteiger partial charge in [-0.1, -0.05) is 36.4 Å². The second kappa shape index (κ2) is 9.26. The lowest BCUT2D eigenvalue weighted by Gasteiger charge is -2.18. The largest absolute Gasteiger partial charge is 0.516 e. The maximum Gasteiger partial charge on any atom is 0.516 e. The summed E-state index contributed by atoms with van der Waals surface area (Å²) in [6.07, 6.45) is 0. The lowest BCUT2D eigenvalue weighted by Crippen LogP contribution is -2.30. The van der Waals surface area contributed by atoms with Crippen LogP contribution in [0.4, 0.5) is 18.9 Å². The summed E-state index contributed by atoms with van der Waals surface area (Å²) in [7, 11) is -4.53. The zero-order valence-electron chi connectivity index (χ0n) is 19.2. The number of aromatic nitrogens is 1. The maximum atomic E-state index is 13.3. The first-order valence-electron chi connectivity index (χ1n) is 10.7. The predicted octanol–water partition coefficient (Wildman–Crippen LogP) is 4.61. The monoisotopic (exact) mass is 521 g/mol. The summed E-state index contributed by atoms with van der Waals surface area (Å²) in [6, 6.07) is 14.9. The van der Waals surface area contributed by atoms with E-state index in [0.717, 1.165) is 11.6 Å². The van der Waals surface area contributed by atoms with Gasteiger partial charge < -0.3 is 19.8 Å². The summed E-state index contributed by atoms with van der Waals surface area (Å²) in [5.74, 6) is -0.660. The van der Waals surface area contributed by atoms with E-state index in [9.17, 15) is 26.4 Å². The van der Waals surface area contributed by atoms with Crippen LogP contribution in [0.1, 0.15) is 22.8 Å². The summed E-state index contributed by atoms with van der Waals surface area (Å²) >= 11 is 0. The molecule has 3 aromatic carbocycles. The molecule has 0 radical (unpaired) electrons. The number of halogens is 3. The van der Waals surface area contributed by atoms with E-state index in [-0.39, 0.29) is 46.5 Å². The van der Waals surface area contributed by atoms with Crippen LogP contribution in [-0.2, 0) is 16.6 Å². The van der Waals surface area contributed by atoms with Crippen LogP contribution in [0.5, 0.6) is 11.5 Å². The number of nitrogens with two attached hydrogens (primary N) is 1. The number of nitrogens with zero attached hydrogens (tertiary/aromatic N) is 1. The van der Waals surface area contributed by atoms with Gasteiger partial charge in [-0.15, -0.1) is 0 Å². The number of primary amides is 1. The van der Waals surface area contributed by atoms with E-state index in [4.69, 9.17) is 15.2 Å². The van der Waals surface area contributed by atoms with Gasteiger partial charge >= 0.3 is 15.5 Å². The quantitative estimate of drug-likeness (QED) is 0.352. The Morgan fingerprint density at radius 1 is 1.08 bits per heavy atom. The Bertz CT molecular complexity index is 1570. The molecule has 0 saturated carbocycles. The van der Waals surface area contributed by atoms with Gasteiger partial charge in [-0.25, -0.2) is 0 Å². The molecule has 8 nitrogen and oxygen atoms in total. The van der Waals surface area contributed by atoms with E-state index in [0.29, 0.717) is 5.52 Å². The highest BCUT2D eigenvalue weighted by Gasteiger charge is 2.46. The van der Waals surface area contributed by atoms with Gasteiger partial charge in [-0.2, -0.15) is 21.6 Å². The van der Waals surface area contributed by atoms with E-state index >= 15 is 0 Å². The summed E-state index contributed by atoms with van der Waals surface area (Å²) < 4.78 is 78.8. The SMILES string of the molecule is CCOc1c(OC)cc(NS(=O)(=O)C(F)(F)F)c2c3c(C(N)=O)cccc3n(Cc3ccccc3)c12. The summed E-state index contributed by atoms with van der Waals surface area (Å²) in [5.41, 5.74) is 1.11. The Balaban J connectivity index is 2.21. The van der Waals surface area contributed by atoms with Crippen LogP contribution < -0.4 is 19.9 Å². The number of fused-ring (bicyclic) bond motifs is 3. The van der Waals surface area contributed by atoms with Crippen LogP contribution in [-0.4, -0.2) is 38.1 Å². The number of nitrogens with one attached hydrogen (secondary N) is 1. The molecule has 1 heterocycles. The Morgan fingerprint density at radius 3 is 2.36 bits per heavy atom. The van der Waals surface area contributed by atoms with Gasteiger partial charge in [0.1, 0.15) is 0 Å². The van der Waals surface area contributed by atoms with Crippen LogP contribution in [0.3, 0.4) is 0 Å². The Hall–Kier alpha value is -3.93. The van der Waals surface area contributed by atoms with Crippen LogP contribution in [0.15, 0.2) is 54.6 Å². The first kappa shape index (κ1) is 25.2. The summed E-state index contributed by atoms with van der Waals surface area (Å²) in [4.78, 5) is 12.4. The number of amides is 1. The molecule has 0 unspecified atom stereocenters. The summed E-state index contributed by atoms with van der Waals surface area (Å²) in [5, 5.41) is 0.201. The number of rotatable bonds is 8. The molecule has 0 spiro atoms. The number of benzene rings is 3. The molecule has 4 rings (SSSR count). The molecule has 1 aromatic heterocycles. The van der Waals surface area contributed by atoms with Crippen LogP contribution in [0.25, 0.3) is 21.8 Å². The van der Waals surface area contributed by atoms with Crippen molar-refractivity contribution in [2.45, 2.75) is 19.0 Å². The lowest BCUT2D eigenvalue weighted by atomic mass is 10.0.